The van der Waals surface area contributed by atoms with Crippen molar-refractivity contribution in [1.82, 2.24) is 29.4 Å². The van der Waals surface area contributed by atoms with Gasteiger partial charge in [-0.2, -0.15) is 10.2 Å². The van der Waals surface area contributed by atoms with E-state index in [0.717, 1.165) is 64.3 Å². The average Bonchev–Trinajstić information content (AvgIpc) is 3.29. The molecule has 150 valence electrons. The van der Waals surface area contributed by atoms with E-state index >= 15 is 0 Å². The first-order valence-corrected chi connectivity index (χ1v) is 10.8. The molecule has 2 aliphatic heterocycles. The Hall–Kier alpha value is -1.99. The highest BCUT2D eigenvalue weighted by Crippen LogP contribution is 2.18. The quantitative estimate of drug-likeness (QED) is 0.775. The summed E-state index contributed by atoms with van der Waals surface area (Å²) >= 11 is 0. The summed E-state index contributed by atoms with van der Waals surface area (Å²) in [5.41, 5.74) is 4.99. The number of nitrogens with zero attached hydrogens (tertiary/aromatic N) is 6. The second-order valence-electron chi connectivity index (χ2n) is 8.46. The van der Waals surface area contributed by atoms with Gasteiger partial charge in [0.15, 0.2) is 0 Å². The third-order valence-corrected chi connectivity index (χ3v) is 6.47. The minimum Gasteiger partial charge on any atom is -0.299 e. The Balaban J connectivity index is 1.12. The molecule has 2 aromatic heterocycles. The molecule has 1 fully saturated rings. The van der Waals surface area contributed by atoms with Crippen LogP contribution in [0.25, 0.3) is 0 Å². The van der Waals surface area contributed by atoms with Gasteiger partial charge in [-0.25, -0.2) is 4.68 Å². The maximum Gasteiger partial charge on any atom is 0.267 e. The summed E-state index contributed by atoms with van der Waals surface area (Å²) in [5.74, 6) is 0. The van der Waals surface area contributed by atoms with E-state index in [0.29, 0.717) is 6.54 Å². The van der Waals surface area contributed by atoms with Crippen molar-refractivity contribution in [2.24, 2.45) is 0 Å². The highest BCUT2D eigenvalue weighted by Gasteiger charge is 2.20. The van der Waals surface area contributed by atoms with Crippen molar-refractivity contribution in [3.05, 3.63) is 45.1 Å². The van der Waals surface area contributed by atoms with Crippen molar-refractivity contribution in [2.75, 3.05) is 32.7 Å². The second kappa shape index (κ2) is 7.79. The zero-order valence-electron chi connectivity index (χ0n) is 16.6. The maximum atomic E-state index is 12.3. The fourth-order valence-corrected chi connectivity index (χ4v) is 4.79. The monoisotopic (exact) mass is 382 g/mol. The normalized spacial score (nSPS) is 20.3. The van der Waals surface area contributed by atoms with Crippen LogP contribution in [0.15, 0.2) is 16.9 Å². The first kappa shape index (κ1) is 18.1. The molecule has 0 amide bonds. The molecule has 0 spiro atoms. The topological polar surface area (TPSA) is 59.2 Å². The minimum absolute atomic E-state index is 0.0621. The molecule has 1 aliphatic carbocycles. The molecule has 0 radical (unpaired) electrons. The lowest BCUT2D eigenvalue weighted by molar-refractivity contribution is 0.121. The molecule has 0 saturated carbocycles. The Morgan fingerprint density at radius 1 is 0.821 bits per heavy atom. The Kier molecular flexibility index (Phi) is 5.03. The summed E-state index contributed by atoms with van der Waals surface area (Å²) in [5, 5.41) is 9.39. The largest absolute Gasteiger partial charge is 0.299 e. The van der Waals surface area contributed by atoms with Crippen LogP contribution in [0.2, 0.25) is 0 Å². The number of hydrogen-bond acceptors (Lipinski definition) is 5. The summed E-state index contributed by atoms with van der Waals surface area (Å²) in [6.07, 6.45) is 6.83. The summed E-state index contributed by atoms with van der Waals surface area (Å²) in [6.45, 7) is 7.86. The number of fused-ring (bicyclic) bond motifs is 2. The van der Waals surface area contributed by atoms with Gasteiger partial charge in [0, 0.05) is 57.6 Å². The Morgan fingerprint density at radius 2 is 1.64 bits per heavy atom. The summed E-state index contributed by atoms with van der Waals surface area (Å²) in [4.78, 5) is 17.3. The molecule has 2 aromatic rings. The van der Waals surface area contributed by atoms with Crippen LogP contribution < -0.4 is 5.56 Å². The summed E-state index contributed by atoms with van der Waals surface area (Å²) in [7, 11) is 0. The lowest BCUT2D eigenvalue weighted by atomic mass is 9.97. The standard InChI is InChI=1S/C21H30N6O/c28-21-14-17-4-1-2-6-20(17)23-27(21)13-12-24-8-10-25(11-9-24)16-18-15-19-5-3-7-26(19)22-18/h14-15H,1-13,16H2. The van der Waals surface area contributed by atoms with Crippen molar-refractivity contribution >= 4 is 0 Å². The Labute approximate surface area is 165 Å². The lowest BCUT2D eigenvalue weighted by Gasteiger charge is -2.34. The number of hydrogen-bond donors (Lipinski definition) is 0. The van der Waals surface area contributed by atoms with Crippen LogP contribution in [-0.2, 0) is 38.9 Å². The van der Waals surface area contributed by atoms with Crippen LogP contribution in [0.4, 0.5) is 0 Å². The number of piperazine rings is 1. The summed E-state index contributed by atoms with van der Waals surface area (Å²) in [6, 6.07) is 4.11. The average molecular weight is 383 g/mol. The molecule has 0 aromatic carbocycles. The second-order valence-corrected chi connectivity index (χ2v) is 8.46. The molecular weight excluding hydrogens is 352 g/mol. The van der Waals surface area contributed by atoms with E-state index in [1.807, 2.05) is 6.07 Å². The highest BCUT2D eigenvalue weighted by molar-refractivity contribution is 5.20. The summed E-state index contributed by atoms with van der Waals surface area (Å²) < 4.78 is 3.86. The Bertz CT molecular complexity index is 871. The van der Waals surface area contributed by atoms with Gasteiger partial charge in [-0.3, -0.25) is 19.3 Å². The maximum absolute atomic E-state index is 12.3. The number of rotatable bonds is 5. The van der Waals surface area contributed by atoms with Gasteiger partial charge in [0.05, 0.1) is 17.9 Å². The van der Waals surface area contributed by atoms with Crippen molar-refractivity contribution in [2.45, 2.75) is 58.2 Å². The van der Waals surface area contributed by atoms with Gasteiger partial charge in [0.25, 0.3) is 5.56 Å². The molecule has 4 heterocycles. The third-order valence-electron chi connectivity index (χ3n) is 6.47. The van der Waals surface area contributed by atoms with Gasteiger partial charge < -0.3 is 0 Å². The minimum atomic E-state index is 0.0621. The van der Waals surface area contributed by atoms with Gasteiger partial charge in [-0.05, 0) is 50.2 Å². The van der Waals surface area contributed by atoms with Crippen molar-refractivity contribution < 1.29 is 0 Å². The molecule has 5 rings (SSSR count). The molecule has 7 nitrogen and oxygen atoms in total. The molecule has 7 heteroatoms. The van der Waals surface area contributed by atoms with Crippen LogP contribution in [0.5, 0.6) is 0 Å². The van der Waals surface area contributed by atoms with Crippen LogP contribution in [0.1, 0.15) is 41.9 Å². The van der Waals surface area contributed by atoms with Gasteiger partial charge in [-0.1, -0.05) is 0 Å². The SMILES string of the molecule is O=c1cc2c(nn1CCN1CCN(Cc3cc4n(n3)CCC4)CC1)CCCC2. The lowest BCUT2D eigenvalue weighted by Crippen LogP contribution is -2.47. The van der Waals surface area contributed by atoms with Crippen LogP contribution >= 0.6 is 0 Å². The fraction of sp³-hybridized carbons (Fsp3) is 0.667. The Morgan fingerprint density at radius 3 is 2.50 bits per heavy atom. The van der Waals surface area contributed by atoms with E-state index in [-0.39, 0.29) is 5.56 Å². The van der Waals surface area contributed by atoms with Gasteiger partial charge in [-0.15, -0.1) is 0 Å². The molecule has 3 aliphatic rings. The third kappa shape index (κ3) is 3.78. The van der Waals surface area contributed by atoms with E-state index in [4.69, 9.17) is 5.10 Å². The first-order chi connectivity index (χ1) is 13.7. The highest BCUT2D eigenvalue weighted by atomic mass is 16.1. The van der Waals surface area contributed by atoms with E-state index in [9.17, 15) is 4.79 Å². The number of aryl methyl sites for hydroxylation is 4. The molecule has 1 saturated heterocycles. The van der Waals surface area contributed by atoms with Gasteiger partial charge in [0.2, 0.25) is 0 Å². The fourth-order valence-electron chi connectivity index (χ4n) is 4.79. The molecule has 0 atom stereocenters. The zero-order chi connectivity index (χ0) is 18.9. The van der Waals surface area contributed by atoms with Crippen LogP contribution in [0.3, 0.4) is 0 Å². The van der Waals surface area contributed by atoms with Gasteiger partial charge in [0.1, 0.15) is 0 Å². The van der Waals surface area contributed by atoms with Crippen LogP contribution in [-0.4, -0.2) is 62.1 Å². The predicted octanol–water partition coefficient (Wildman–Crippen LogP) is 1.08. The predicted molar refractivity (Wildman–Crippen MR) is 107 cm³/mol. The van der Waals surface area contributed by atoms with E-state index in [2.05, 4.69) is 25.6 Å². The van der Waals surface area contributed by atoms with Crippen molar-refractivity contribution in [1.29, 1.82) is 0 Å². The smallest absolute Gasteiger partial charge is 0.267 e. The molecular formula is C21H30N6O. The van der Waals surface area contributed by atoms with E-state index < -0.39 is 0 Å². The molecule has 0 N–H and O–H groups in total. The van der Waals surface area contributed by atoms with Crippen molar-refractivity contribution in [3.63, 3.8) is 0 Å². The van der Waals surface area contributed by atoms with E-state index in [1.165, 1.54) is 42.6 Å². The molecule has 28 heavy (non-hydrogen) atoms. The molecule has 0 bridgehead atoms. The van der Waals surface area contributed by atoms with E-state index in [1.54, 1.807) is 4.68 Å². The number of aromatic nitrogens is 4. The molecule has 0 unspecified atom stereocenters. The van der Waals surface area contributed by atoms with Crippen molar-refractivity contribution in [3.8, 4) is 0 Å². The zero-order valence-corrected chi connectivity index (χ0v) is 16.6. The van der Waals surface area contributed by atoms with Crippen LogP contribution in [0, 0.1) is 0 Å². The first-order valence-electron chi connectivity index (χ1n) is 10.8. The van der Waals surface area contributed by atoms with Gasteiger partial charge >= 0.3 is 0 Å².